The highest BCUT2D eigenvalue weighted by Crippen LogP contribution is 2.49. The van der Waals surface area contributed by atoms with Crippen LogP contribution in [0.1, 0.15) is 5.56 Å². The standard InChI is InChI=1S/C8H11F3N4O3/c1-18-15(17)6-3(12)2(8(9,10)11)4(13)7(16)5(6)14/h16-17H,12-14H2,1H3/p-1. The number of benzene rings is 1. The van der Waals surface area contributed by atoms with E-state index in [0.29, 0.717) is 0 Å². The van der Waals surface area contributed by atoms with Gasteiger partial charge in [-0.2, -0.15) is 13.2 Å². The summed E-state index contributed by atoms with van der Waals surface area (Å²) in [6, 6.07) is 0. The lowest BCUT2D eigenvalue weighted by atomic mass is 10.1. The number of nitrogen functional groups attached to an aromatic ring is 3. The molecule has 18 heavy (non-hydrogen) atoms. The van der Waals surface area contributed by atoms with E-state index < -0.39 is 40.2 Å². The minimum atomic E-state index is -4.97. The van der Waals surface area contributed by atoms with Crippen molar-refractivity contribution < 1.29 is 28.3 Å². The van der Waals surface area contributed by atoms with Gasteiger partial charge in [0.1, 0.15) is 11.3 Å². The van der Waals surface area contributed by atoms with Crippen molar-refractivity contribution in [3.63, 3.8) is 0 Å². The Morgan fingerprint density at radius 3 is 2.06 bits per heavy atom. The Morgan fingerprint density at radius 2 is 1.67 bits per heavy atom. The maximum absolute atomic E-state index is 12.7. The van der Waals surface area contributed by atoms with Crippen LogP contribution in [0.25, 0.3) is 0 Å². The fourth-order valence-corrected chi connectivity index (χ4v) is 1.38. The molecule has 7 nitrogen and oxygen atoms in total. The third-order valence-electron chi connectivity index (χ3n) is 2.19. The third kappa shape index (κ3) is 2.02. The summed E-state index contributed by atoms with van der Waals surface area (Å²) in [5.41, 5.74) is 10.3. The zero-order valence-corrected chi connectivity index (χ0v) is 9.08. The number of hydrogen-bond acceptors (Lipinski definition) is 7. The van der Waals surface area contributed by atoms with Crippen LogP contribution in [-0.2, 0) is 11.0 Å². The molecule has 1 aromatic carbocycles. The lowest BCUT2D eigenvalue weighted by Crippen LogP contribution is -2.23. The molecule has 0 aliphatic carbocycles. The average Bonchev–Trinajstić information content (AvgIpc) is 2.24. The summed E-state index contributed by atoms with van der Waals surface area (Å²) < 4.78 is 38.1. The molecule has 0 amide bonds. The van der Waals surface area contributed by atoms with E-state index in [4.69, 9.17) is 17.2 Å². The molecule has 0 aliphatic rings. The summed E-state index contributed by atoms with van der Waals surface area (Å²) in [6.07, 6.45) is -4.97. The first-order chi connectivity index (χ1) is 8.12. The molecule has 0 unspecified atom stereocenters. The van der Waals surface area contributed by atoms with E-state index in [1.807, 2.05) is 0 Å². The molecule has 1 rings (SSSR count). The second kappa shape index (κ2) is 4.31. The van der Waals surface area contributed by atoms with Crippen LogP contribution in [0.5, 0.6) is 5.75 Å². The highest BCUT2D eigenvalue weighted by Gasteiger charge is 2.38. The number of alkyl halides is 3. The molecular formula is C8H10F3N4O3-. The van der Waals surface area contributed by atoms with Crippen LogP contribution in [0.2, 0.25) is 0 Å². The molecule has 0 saturated carbocycles. The van der Waals surface area contributed by atoms with E-state index in [0.717, 1.165) is 7.11 Å². The van der Waals surface area contributed by atoms with Gasteiger partial charge in [0.25, 0.3) is 0 Å². The SMILES string of the molecule is CON(O)c1c(N)c([O-])c(N)c(C(F)(F)F)c1N. The number of halogens is 3. The van der Waals surface area contributed by atoms with Gasteiger partial charge in [0.2, 0.25) is 0 Å². The van der Waals surface area contributed by atoms with Crippen LogP contribution in [0, 0.1) is 0 Å². The lowest BCUT2D eigenvalue weighted by Gasteiger charge is -2.26. The molecule has 0 atom stereocenters. The van der Waals surface area contributed by atoms with Crippen LogP contribution in [0.4, 0.5) is 35.9 Å². The first-order valence-corrected chi connectivity index (χ1v) is 4.40. The van der Waals surface area contributed by atoms with Gasteiger partial charge >= 0.3 is 6.18 Å². The smallest absolute Gasteiger partial charge is 0.420 e. The lowest BCUT2D eigenvalue weighted by molar-refractivity contribution is -0.266. The number of nitrogens with two attached hydrogens (primary N) is 3. The topological polar surface area (TPSA) is 134 Å². The van der Waals surface area contributed by atoms with E-state index in [2.05, 4.69) is 4.84 Å². The van der Waals surface area contributed by atoms with Crippen molar-refractivity contribution in [2.24, 2.45) is 0 Å². The fraction of sp³-hybridized carbons (Fsp3) is 0.250. The number of rotatable bonds is 2. The Balaban J connectivity index is 3.71. The molecule has 0 saturated heterocycles. The van der Waals surface area contributed by atoms with Crippen molar-refractivity contribution in [3.8, 4) is 5.75 Å². The van der Waals surface area contributed by atoms with Crippen LogP contribution in [0.3, 0.4) is 0 Å². The number of hydrogen-bond donors (Lipinski definition) is 4. The molecule has 0 bridgehead atoms. The Morgan fingerprint density at radius 1 is 1.17 bits per heavy atom. The van der Waals surface area contributed by atoms with Crippen molar-refractivity contribution in [3.05, 3.63) is 5.56 Å². The molecular weight excluding hydrogens is 257 g/mol. The van der Waals surface area contributed by atoms with Gasteiger partial charge < -0.3 is 22.3 Å². The quantitative estimate of drug-likeness (QED) is 0.446. The molecule has 0 spiro atoms. The van der Waals surface area contributed by atoms with Gasteiger partial charge in [-0.3, -0.25) is 10.0 Å². The minimum Gasteiger partial charge on any atom is -0.870 e. The summed E-state index contributed by atoms with van der Waals surface area (Å²) in [5.74, 6) is -1.29. The maximum Gasteiger partial charge on any atom is 0.420 e. The highest BCUT2D eigenvalue weighted by molar-refractivity contribution is 5.92. The van der Waals surface area contributed by atoms with E-state index in [-0.39, 0.29) is 5.23 Å². The highest BCUT2D eigenvalue weighted by atomic mass is 19.4. The summed E-state index contributed by atoms with van der Waals surface area (Å²) in [6.45, 7) is 0. The van der Waals surface area contributed by atoms with Gasteiger partial charge in [-0.1, -0.05) is 5.75 Å². The molecule has 7 N–H and O–H groups in total. The van der Waals surface area contributed by atoms with Crippen molar-refractivity contribution >= 4 is 22.7 Å². The molecule has 0 radical (unpaired) electrons. The van der Waals surface area contributed by atoms with E-state index >= 15 is 0 Å². The second-order valence-electron chi connectivity index (χ2n) is 3.25. The largest absolute Gasteiger partial charge is 0.870 e. The minimum absolute atomic E-state index is 0.138. The third-order valence-corrected chi connectivity index (χ3v) is 2.19. The van der Waals surface area contributed by atoms with E-state index in [1.54, 1.807) is 0 Å². The van der Waals surface area contributed by atoms with E-state index in [1.165, 1.54) is 0 Å². The van der Waals surface area contributed by atoms with Crippen LogP contribution < -0.4 is 27.5 Å². The molecule has 0 aromatic heterocycles. The zero-order chi connectivity index (χ0) is 14.2. The van der Waals surface area contributed by atoms with Gasteiger partial charge in [0, 0.05) is 5.69 Å². The van der Waals surface area contributed by atoms with Crippen LogP contribution >= 0.6 is 0 Å². The monoisotopic (exact) mass is 267 g/mol. The Labute approximate surface area is 99.0 Å². The van der Waals surface area contributed by atoms with Crippen molar-refractivity contribution in [1.29, 1.82) is 0 Å². The van der Waals surface area contributed by atoms with Gasteiger partial charge in [-0.15, -0.1) is 5.23 Å². The summed E-state index contributed by atoms with van der Waals surface area (Å²) in [4.78, 5) is 4.24. The van der Waals surface area contributed by atoms with Gasteiger partial charge in [0.15, 0.2) is 0 Å². The van der Waals surface area contributed by atoms with Crippen molar-refractivity contribution in [2.45, 2.75) is 6.18 Å². The van der Waals surface area contributed by atoms with Crippen LogP contribution in [-0.4, -0.2) is 12.3 Å². The number of anilines is 4. The predicted octanol–water partition coefficient (Wildman–Crippen LogP) is 0.283. The Bertz CT molecular complexity index is 478. The average molecular weight is 267 g/mol. The number of nitrogens with zero attached hydrogens (tertiary/aromatic N) is 1. The molecule has 102 valence electrons. The molecule has 10 heteroatoms. The second-order valence-corrected chi connectivity index (χ2v) is 3.25. The fourth-order valence-electron chi connectivity index (χ4n) is 1.38. The van der Waals surface area contributed by atoms with Gasteiger partial charge in [-0.25, -0.2) is 0 Å². The molecule has 0 fully saturated rings. The molecule has 1 aromatic rings. The normalized spacial score (nSPS) is 11.6. The van der Waals surface area contributed by atoms with Crippen molar-refractivity contribution in [2.75, 3.05) is 29.5 Å². The summed E-state index contributed by atoms with van der Waals surface area (Å²) in [7, 11) is 0.937. The van der Waals surface area contributed by atoms with Crippen molar-refractivity contribution in [1.82, 2.24) is 0 Å². The Kier molecular flexibility index (Phi) is 3.35. The first kappa shape index (κ1) is 14.0. The predicted molar refractivity (Wildman–Crippen MR) is 55.4 cm³/mol. The maximum atomic E-state index is 12.7. The van der Waals surface area contributed by atoms with Crippen LogP contribution in [0.15, 0.2) is 0 Å². The first-order valence-electron chi connectivity index (χ1n) is 4.40. The van der Waals surface area contributed by atoms with Gasteiger partial charge in [-0.05, 0) is 0 Å². The summed E-state index contributed by atoms with van der Waals surface area (Å²) in [5, 5.41) is 20.5. The molecule has 0 heterocycles. The summed E-state index contributed by atoms with van der Waals surface area (Å²) >= 11 is 0. The Hall–Kier alpha value is -2.07. The zero-order valence-electron chi connectivity index (χ0n) is 9.08. The molecule has 0 aliphatic heterocycles. The van der Waals surface area contributed by atoms with Gasteiger partial charge in [0.05, 0.1) is 18.5 Å². The van der Waals surface area contributed by atoms with E-state index in [9.17, 15) is 23.5 Å².